The molecule has 0 N–H and O–H groups in total. The fourth-order valence-corrected chi connectivity index (χ4v) is 9.64. The van der Waals surface area contributed by atoms with Gasteiger partial charge in [-0.25, -0.2) is 0 Å². The number of hydrogen-bond acceptors (Lipinski definition) is 2. The molecule has 3 heteroatoms. The predicted molar refractivity (Wildman–Crippen MR) is 194 cm³/mol. The summed E-state index contributed by atoms with van der Waals surface area (Å²) < 4.78 is 2.45. The molecule has 0 amide bonds. The summed E-state index contributed by atoms with van der Waals surface area (Å²) >= 11 is 8.64. The van der Waals surface area contributed by atoms with Crippen LogP contribution in [0.1, 0.15) is 49.9 Å². The average molecular weight is 618 g/mol. The van der Waals surface area contributed by atoms with Crippen molar-refractivity contribution in [2.75, 3.05) is 4.90 Å². The Labute approximate surface area is 273 Å². The molecule has 2 aliphatic carbocycles. The van der Waals surface area contributed by atoms with Gasteiger partial charge in [0.15, 0.2) is 0 Å². The van der Waals surface area contributed by atoms with Crippen LogP contribution in [0.3, 0.4) is 0 Å². The fourth-order valence-electron chi connectivity index (χ4n) is 8.07. The van der Waals surface area contributed by atoms with Gasteiger partial charge in [0.1, 0.15) is 0 Å². The number of nitrogens with zero attached hydrogens (tertiary/aromatic N) is 1. The summed E-state index contributed by atoms with van der Waals surface area (Å²) in [5.41, 5.74) is 14.2. The van der Waals surface area contributed by atoms with E-state index < -0.39 is 0 Å². The van der Waals surface area contributed by atoms with Crippen LogP contribution in [-0.4, -0.2) is 0 Å². The van der Waals surface area contributed by atoms with E-state index in [0.717, 1.165) is 21.8 Å². The Morgan fingerprint density at radius 1 is 0.533 bits per heavy atom. The highest BCUT2D eigenvalue weighted by atomic mass is 35.5. The maximum absolute atomic E-state index is 6.81. The summed E-state index contributed by atoms with van der Waals surface area (Å²) in [5, 5.41) is 3.14. The lowest BCUT2D eigenvalue weighted by Crippen LogP contribution is -2.17. The minimum Gasteiger partial charge on any atom is -0.309 e. The SMILES string of the molecule is CC1(C)c2ccccc2-c2cc(N(c3ccc4c(c3)C(C)(C)c3ccccc3-4)c3cccc4c3sc3cccc(Cl)c34)ccc21. The number of halogens is 1. The van der Waals surface area contributed by atoms with Crippen molar-refractivity contribution in [3.05, 3.63) is 149 Å². The van der Waals surface area contributed by atoms with Crippen molar-refractivity contribution in [2.24, 2.45) is 0 Å². The Kier molecular flexibility index (Phi) is 5.59. The monoisotopic (exact) mass is 617 g/mol. The third-order valence-corrected chi connectivity index (χ3v) is 11.9. The van der Waals surface area contributed by atoms with Crippen LogP contribution in [0, 0.1) is 0 Å². The smallest absolute Gasteiger partial charge is 0.0640 e. The van der Waals surface area contributed by atoms with Crippen LogP contribution in [0.4, 0.5) is 17.1 Å². The van der Waals surface area contributed by atoms with Crippen molar-refractivity contribution in [3.63, 3.8) is 0 Å². The van der Waals surface area contributed by atoms with Crippen molar-refractivity contribution < 1.29 is 0 Å². The largest absolute Gasteiger partial charge is 0.309 e. The second-order valence-electron chi connectivity index (χ2n) is 13.5. The van der Waals surface area contributed by atoms with Gasteiger partial charge in [-0.1, -0.05) is 118 Å². The van der Waals surface area contributed by atoms with Gasteiger partial charge in [0.25, 0.3) is 0 Å². The van der Waals surface area contributed by atoms with E-state index in [0.29, 0.717) is 0 Å². The van der Waals surface area contributed by atoms with Gasteiger partial charge in [0, 0.05) is 42.7 Å². The van der Waals surface area contributed by atoms with Crippen LogP contribution in [0.2, 0.25) is 5.02 Å². The molecule has 1 aromatic heterocycles. The lowest BCUT2D eigenvalue weighted by atomic mass is 9.82. The van der Waals surface area contributed by atoms with E-state index in [1.165, 1.54) is 65.0 Å². The van der Waals surface area contributed by atoms with Crippen molar-refractivity contribution in [1.29, 1.82) is 0 Å². The fraction of sp³-hybridized carbons (Fsp3) is 0.143. The first-order valence-corrected chi connectivity index (χ1v) is 16.8. The Bertz CT molecular complexity index is 2360. The van der Waals surface area contributed by atoms with Crippen LogP contribution >= 0.6 is 22.9 Å². The summed E-state index contributed by atoms with van der Waals surface area (Å²) in [6.45, 7) is 9.40. The van der Waals surface area contributed by atoms with Crippen LogP contribution in [0.15, 0.2) is 121 Å². The highest BCUT2D eigenvalue weighted by molar-refractivity contribution is 7.26. The zero-order valence-corrected chi connectivity index (χ0v) is 27.4. The lowest BCUT2D eigenvalue weighted by Gasteiger charge is -2.29. The maximum atomic E-state index is 6.81. The molecule has 0 radical (unpaired) electrons. The minimum atomic E-state index is -0.0916. The molecular weight excluding hydrogens is 586 g/mol. The van der Waals surface area contributed by atoms with E-state index in [4.69, 9.17) is 11.6 Å². The molecule has 1 nitrogen and oxygen atoms in total. The molecule has 0 atom stereocenters. The number of benzene rings is 6. The first-order valence-electron chi connectivity index (χ1n) is 15.6. The van der Waals surface area contributed by atoms with Gasteiger partial charge in [-0.15, -0.1) is 11.3 Å². The molecule has 0 aliphatic heterocycles. The highest BCUT2D eigenvalue weighted by Crippen LogP contribution is 2.54. The molecule has 7 aromatic rings. The first kappa shape index (κ1) is 27.0. The molecule has 0 spiro atoms. The second-order valence-corrected chi connectivity index (χ2v) is 15.0. The standard InChI is InChI=1S/C42H32ClNS/c1-41(2)33-15-8-6-12-28(33)31-23-25(20-22-34(31)41)44(37-17-9-13-30-39-36(43)16-10-18-38(39)45-40(30)37)26-19-21-29-27-11-5-7-14-32(27)42(3,4)35(29)24-26/h5-24H,1-4H3. The number of anilines is 3. The molecule has 2 aliphatic rings. The van der Waals surface area contributed by atoms with E-state index in [-0.39, 0.29) is 10.8 Å². The van der Waals surface area contributed by atoms with Crippen LogP contribution < -0.4 is 4.90 Å². The van der Waals surface area contributed by atoms with Gasteiger partial charge in [-0.05, 0) is 87.0 Å². The molecule has 0 fully saturated rings. The van der Waals surface area contributed by atoms with Crippen LogP contribution in [-0.2, 0) is 10.8 Å². The van der Waals surface area contributed by atoms with Crippen molar-refractivity contribution in [3.8, 4) is 22.3 Å². The molecule has 0 bridgehead atoms. The van der Waals surface area contributed by atoms with Gasteiger partial charge in [0.05, 0.1) is 10.4 Å². The van der Waals surface area contributed by atoms with Gasteiger partial charge in [0.2, 0.25) is 0 Å². The quantitative estimate of drug-likeness (QED) is 0.191. The number of hydrogen-bond donors (Lipinski definition) is 0. The summed E-state index contributed by atoms with van der Waals surface area (Å²) in [5.74, 6) is 0. The van der Waals surface area contributed by atoms with Crippen LogP contribution in [0.5, 0.6) is 0 Å². The zero-order chi connectivity index (χ0) is 30.7. The molecule has 1 heterocycles. The van der Waals surface area contributed by atoms with Gasteiger partial charge >= 0.3 is 0 Å². The molecule has 0 saturated heterocycles. The summed E-state index contributed by atoms with van der Waals surface area (Å²) in [6.07, 6.45) is 0. The highest BCUT2D eigenvalue weighted by Gasteiger charge is 2.37. The van der Waals surface area contributed by atoms with Crippen molar-refractivity contribution in [2.45, 2.75) is 38.5 Å². The first-order chi connectivity index (χ1) is 21.7. The summed E-state index contributed by atoms with van der Waals surface area (Å²) in [4.78, 5) is 2.47. The number of thiophene rings is 1. The van der Waals surface area contributed by atoms with E-state index >= 15 is 0 Å². The van der Waals surface area contributed by atoms with E-state index in [1.54, 1.807) is 0 Å². The molecule has 9 rings (SSSR count). The van der Waals surface area contributed by atoms with Gasteiger partial charge in [-0.2, -0.15) is 0 Å². The van der Waals surface area contributed by atoms with E-state index in [1.807, 2.05) is 17.4 Å². The molecule has 0 unspecified atom stereocenters. The average Bonchev–Trinajstić information content (AvgIpc) is 3.63. The van der Waals surface area contributed by atoms with Crippen LogP contribution in [0.25, 0.3) is 42.4 Å². The van der Waals surface area contributed by atoms with Gasteiger partial charge in [-0.3, -0.25) is 0 Å². The zero-order valence-electron chi connectivity index (χ0n) is 25.8. The van der Waals surface area contributed by atoms with E-state index in [2.05, 4.69) is 148 Å². The molecule has 6 aromatic carbocycles. The lowest BCUT2D eigenvalue weighted by molar-refractivity contribution is 0.660. The number of rotatable bonds is 3. The Hall–Kier alpha value is -4.37. The predicted octanol–water partition coefficient (Wildman–Crippen LogP) is 12.8. The Morgan fingerprint density at radius 2 is 1.13 bits per heavy atom. The normalized spacial score (nSPS) is 15.1. The molecule has 45 heavy (non-hydrogen) atoms. The molecular formula is C42H32ClNS. The molecule has 218 valence electrons. The second kappa shape index (κ2) is 9.33. The topological polar surface area (TPSA) is 3.24 Å². The molecule has 0 saturated carbocycles. The third-order valence-electron chi connectivity index (χ3n) is 10.3. The van der Waals surface area contributed by atoms with Gasteiger partial charge < -0.3 is 4.90 Å². The maximum Gasteiger partial charge on any atom is 0.0640 e. The van der Waals surface area contributed by atoms with E-state index in [9.17, 15) is 0 Å². The minimum absolute atomic E-state index is 0.0408. The summed E-state index contributed by atoms with van der Waals surface area (Å²) in [6, 6.07) is 44.8. The third kappa shape index (κ3) is 3.67. The Morgan fingerprint density at radius 3 is 1.91 bits per heavy atom. The number of fused-ring (bicyclic) bond motifs is 9. The van der Waals surface area contributed by atoms with Crippen molar-refractivity contribution >= 4 is 60.2 Å². The van der Waals surface area contributed by atoms with Crippen molar-refractivity contribution in [1.82, 2.24) is 0 Å². The summed E-state index contributed by atoms with van der Waals surface area (Å²) in [7, 11) is 0. The Balaban J connectivity index is 1.32.